The number of nitrogens with zero attached hydrogens (tertiary/aromatic N) is 1. The van der Waals surface area contributed by atoms with Gasteiger partial charge in [-0.15, -0.1) is 0 Å². The fourth-order valence-electron chi connectivity index (χ4n) is 3.39. The maximum absolute atomic E-state index is 6.01. The number of nitrogens with two attached hydrogens (primary N) is 1. The first-order chi connectivity index (χ1) is 8.25. The Kier molecular flexibility index (Phi) is 5.26. The maximum atomic E-state index is 6.01. The Bertz CT molecular complexity index is 212. The molecule has 17 heavy (non-hydrogen) atoms. The van der Waals surface area contributed by atoms with E-state index in [1.54, 1.807) is 0 Å². The Balaban J connectivity index is 1.58. The lowest BCUT2D eigenvalue weighted by molar-refractivity contribution is 0.235. The molecule has 3 N–H and O–H groups in total. The van der Waals surface area contributed by atoms with Crippen LogP contribution in [0.15, 0.2) is 0 Å². The van der Waals surface area contributed by atoms with Crippen LogP contribution in [0.5, 0.6) is 0 Å². The van der Waals surface area contributed by atoms with E-state index in [1.165, 1.54) is 57.9 Å². The first-order valence-electron chi connectivity index (χ1n) is 7.45. The third-order valence-corrected chi connectivity index (χ3v) is 4.56. The van der Waals surface area contributed by atoms with Gasteiger partial charge in [0, 0.05) is 31.2 Å². The Hall–Kier alpha value is -0.120. The van der Waals surface area contributed by atoms with Gasteiger partial charge < -0.3 is 16.0 Å². The highest BCUT2D eigenvalue weighted by Gasteiger charge is 2.21. The lowest BCUT2D eigenvalue weighted by Crippen LogP contribution is -2.43. The van der Waals surface area contributed by atoms with Gasteiger partial charge in [0.15, 0.2) is 0 Å². The van der Waals surface area contributed by atoms with Gasteiger partial charge in [-0.05, 0) is 39.2 Å². The second kappa shape index (κ2) is 6.72. The van der Waals surface area contributed by atoms with Gasteiger partial charge in [0.25, 0.3) is 0 Å². The van der Waals surface area contributed by atoms with Crippen molar-refractivity contribution in [2.24, 2.45) is 5.73 Å². The van der Waals surface area contributed by atoms with Crippen molar-refractivity contribution in [3.05, 3.63) is 0 Å². The smallest absolute Gasteiger partial charge is 0.0107 e. The molecule has 0 amide bonds. The van der Waals surface area contributed by atoms with Crippen molar-refractivity contribution in [2.75, 3.05) is 20.1 Å². The number of rotatable bonds is 5. The van der Waals surface area contributed by atoms with Crippen molar-refractivity contribution in [3.8, 4) is 0 Å². The van der Waals surface area contributed by atoms with Gasteiger partial charge in [-0.25, -0.2) is 0 Å². The monoisotopic (exact) mass is 239 g/mol. The molecule has 0 heterocycles. The fraction of sp³-hybridized carbons (Fsp3) is 1.00. The minimum Gasteiger partial charge on any atom is -0.328 e. The van der Waals surface area contributed by atoms with Gasteiger partial charge >= 0.3 is 0 Å². The lowest BCUT2D eigenvalue weighted by Gasteiger charge is -2.29. The fourth-order valence-corrected chi connectivity index (χ4v) is 3.39. The molecule has 0 aromatic heterocycles. The quantitative estimate of drug-likeness (QED) is 0.767. The standard InChI is InChI=1S/C14H29N3/c1-17(14-7-2-3-8-14)10-9-16-13-6-4-5-12(15)11-13/h12-14,16H,2-11,15H2,1H3. The van der Waals surface area contributed by atoms with E-state index in [-0.39, 0.29) is 0 Å². The predicted octanol–water partition coefficient (Wildman–Crippen LogP) is 1.72. The van der Waals surface area contributed by atoms with Gasteiger partial charge in [0.1, 0.15) is 0 Å². The summed E-state index contributed by atoms with van der Waals surface area (Å²) < 4.78 is 0. The zero-order chi connectivity index (χ0) is 12.1. The summed E-state index contributed by atoms with van der Waals surface area (Å²) in [5.41, 5.74) is 6.01. The van der Waals surface area contributed by atoms with Gasteiger partial charge in [0.2, 0.25) is 0 Å². The van der Waals surface area contributed by atoms with Crippen molar-refractivity contribution in [3.63, 3.8) is 0 Å². The van der Waals surface area contributed by atoms with E-state index in [9.17, 15) is 0 Å². The first-order valence-corrected chi connectivity index (χ1v) is 7.45. The van der Waals surface area contributed by atoms with E-state index in [4.69, 9.17) is 5.73 Å². The molecule has 2 unspecified atom stereocenters. The van der Waals surface area contributed by atoms with E-state index in [0.29, 0.717) is 12.1 Å². The molecule has 2 rings (SSSR count). The molecule has 2 fully saturated rings. The van der Waals surface area contributed by atoms with Crippen LogP contribution < -0.4 is 11.1 Å². The molecule has 0 aliphatic heterocycles. The number of nitrogens with one attached hydrogen (secondary N) is 1. The van der Waals surface area contributed by atoms with Crippen LogP contribution in [-0.2, 0) is 0 Å². The van der Waals surface area contributed by atoms with E-state index in [2.05, 4.69) is 17.3 Å². The maximum Gasteiger partial charge on any atom is 0.0107 e. The Labute approximate surface area is 106 Å². The minimum absolute atomic E-state index is 0.439. The van der Waals surface area contributed by atoms with Crippen molar-refractivity contribution >= 4 is 0 Å². The summed E-state index contributed by atoms with van der Waals surface area (Å²) in [7, 11) is 2.28. The molecule has 0 aromatic carbocycles. The van der Waals surface area contributed by atoms with Gasteiger partial charge in [0.05, 0.1) is 0 Å². The molecule has 0 bridgehead atoms. The Morgan fingerprint density at radius 1 is 1.12 bits per heavy atom. The molecule has 3 heteroatoms. The molecular weight excluding hydrogens is 210 g/mol. The molecule has 0 aromatic rings. The van der Waals surface area contributed by atoms with Crippen LogP contribution >= 0.6 is 0 Å². The molecule has 100 valence electrons. The zero-order valence-electron chi connectivity index (χ0n) is 11.3. The van der Waals surface area contributed by atoms with Crippen LogP contribution in [0.4, 0.5) is 0 Å². The van der Waals surface area contributed by atoms with Crippen LogP contribution in [0.1, 0.15) is 51.4 Å². The highest BCUT2D eigenvalue weighted by atomic mass is 15.1. The second-order valence-corrected chi connectivity index (χ2v) is 6.00. The zero-order valence-corrected chi connectivity index (χ0v) is 11.3. The molecule has 2 aliphatic rings. The number of likely N-dealkylation sites (N-methyl/N-ethyl adjacent to an activating group) is 1. The highest BCUT2D eigenvalue weighted by molar-refractivity contribution is 4.81. The van der Waals surface area contributed by atoms with Gasteiger partial charge in [-0.1, -0.05) is 19.3 Å². The SMILES string of the molecule is CN(CCNC1CCCC(N)C1)C1CCCC1. The molecule has 0 radical (unpaired) electrons. The average molecular weight is 239 g/mol. The average Bonchev–Trinajstić information content (AvgIpc) is 2.82. The topological polar surface area (TPSA) is 41.3 Å². The molecule has 0 spiro atoms. The van der Waals surface area contributed by atoms with Crippen LogP contribution in [-0.4, -0.2) is 43.2 Å². The van der Waals surface area contributed by atoms with E-state index >= 15 is 0 Å². The summed E-state index contributed by atoms with van der Waals surface area (Å²) >= 11 is 0. The molecule has 2 saturated carbocycles. The Morgan fingerprint density at radius 2 is 1.88 bits per heavy atom. The Morgan fingerprint density at radius 3 is 2.59 bits per heavy atom. The van der Waals surface area contributed by atoms with Crippen molar-refractivity contribution in [1.82, 2.24) is 10.2 Å². The molecule has 2 atom stereocenters. The van der Waals surface area contributed by atoms with Crippen LogP contribution in [0.3, 0.4) is 0 Å². The van der Waals surface area contributed by atoms with Crippen LogP contribution in [0.25, 0.3) is 0 Å². The molecule has 3 nitrogen and oxygen atoms in total. The van der Waals surface area contributed by atoms with E-state index < -0.39 is 0 Å². The summed E-state index contributed by atoms with van der Waals surface area (Å²) in [4.78, 5) is 2.54. The van der Waals surface area contributed by atoms with Crippen molar-refractivity contribution in [2.45, 2.75) is 69.5 Å². The molecular formula is C14H29N3. The highest BCUT2D eigenvalue weighted by Crippen LogP contribution is 2.22. The summed E-state index contributed by atoms with van der Waals surface area (Å²) in [5, 5.41) is 3.68. The summed E-state index contributed by atoms with van der Waals surface area (Å²) in [6.45, 7) is 2.32. The first kappa shape index (κ1) is 13.3. The van der Waals surface area contributed by atoms with Crippen LogP contribution in [0.2, 0.25) is 0 Å². The normalized spacial score (nSPS) is 31.2. The summed E-state index contributed by atoms with van der Waals surface area (Å²) in [6.07, 6.45) is 10.7. The largest absolute Gasteiger partial charge is 0.328 e. The second-order valence-electron chi connectivity index (χ2n) is 6.00. The lowest BCUT2D eigenvalue weighted by atomic mass is 9.92. The molecule has 2 aliphatic carbocycles. The predicted molar refractivity (Wildman–Crippen MR) is 73.1 cm³/mol. The summed E-state index contributed by atoms with van der Waals surface area (Å²) in [5.74, 6) is 0. The van der Waals surface area contributed by atoms with Crippen molar-refractivity contribution < 1.29 is 0 Å². The minimum atomic E-state index is 0.439. The van der Waals surface area contributed by atoms with Gasteiger partial charge in [-0.2, -0.15) is 0 Å². The van der Waals surface area contributed by atoms with Gasteiger partial charge in [-0.3, -0.25) is 0 Å². The van der Waals surface area contributed by atoms with Crippen molar-refractivity contribution in [1.29, 1.82) is 0 Å². The van der Waals surface area contributed by atoms with Crippen LogP contribution in [0, 0.1) is 0 Å². The number of hydrogen-bond acceptors (Lipinski definition) is 3. The molecule has 0 saturated heterocycles. The van der Waals surface area contributed by atoms with E-state index in [0.717, 1.165) is 12.6 Å². The summed E-state index contributed by atoms with van der Waals surface area (Å²) in [6, 6.07) is 1.97. The number of hydrogen-bond donors (Lipinski definition) is 2. The third-order valence-electron chi connectivity index (χ3n) is 4.56. The van der Waals surface area contributed by atoms with E-state index in [1.807, 2.05) is 0 Å². The third kappa shape index (κ3) is 4.23.